The van der Waals surface area contributed by atoms with Crippen LogP contribution in [0.3, 0.4) is 0 Å². The van der Waals surface area contributed by atoms with Gasteiger partial charge in [-0.2, -0.15) is 0 Å². The van der Waals surface area contributed by atoms with Gasteiger partial charge in [0.2, 0.25) is 10.0 Å². The van der Waals surface area contributed by atoms with E-state index in [2.05, 4.69) is 9.29 Å². The van der Waals surface area contributed by atoms with Gasteiger partial charge in [0.15, 0.2) is 0 Å². The van der Waals surface area contributed by atoms with Crippen molar-refractivity contribution in [2.45, 2.75) is 24.6 Å². The largest absolute Gasteiger partial charge is 0.318 e. The van der Waals surface area contributed by atoms with Gasteiger partial charge in [-0.05, 0) is 49.7 Å². The highest BCUT2D eigenvalue weighted by atomic mass is 35.5. The Balaban J connectivity index is 1.85. The van der Waals surface area contributed by atoms with E-state index in [0.717, 1.165) is 34.0 Å². The highest BCUT2D eigenvalue weighted by molar-refractivity contribution is 7.91. The first-order valence-electron chi connectivity index (χ1n) is 7.37. The minimum Gasteiger partial charge on any atom is -0.318 e. The fourth-order valence-electron chi connectivity index (χ4n) is 2.67. The number of hydrogen-bond acceptors (Lipinski definition) is 3. The van der Waals surface area contributed by atoms with Crippen LogP contribution in [0.4, 0.5) is 0 Å². The fraction of sp³-hybridized carbons (Fsp3) is 0.176. The molecule has 2 aromatic heterocycles. The number of benzene rings is 1. The minimum absolute atomic E-state index is 0.226. The van der Waals surface area contributed by atoms with Crippen molar-refractivity contribution in [2.75, 3.05) is 0 Å². The third-order valence-corrected chi connectivity index (χ3v) is 6.94. The number of para-hydroxylation sites is 1. The highest BCUT2D eigenvalue weighted by Crippen LogP contribution is 2.26. The fourth-order valence-corrected chi connectivity index (χ4v) is 5.20. The maximum Gasteiger partial charge on any atom is 0.250 e. The van der Waals surface area contributed by atoms with Gasteiger partial charge in [0, 0.05) is 23.6 Å². The number of nitrogens with zero attached hydrogens (tertiary/aromatic N) is 1. The Morgan fingerprint density at radius 1 is 1.12 bits per heavy atom. The Hall–Kier alpha value is -1.60. The third-order valence-electron chi connectivity index (χ3n) is 3.82. The number of aryl methyl sites for hydroxylation is 1. The van der Waals surface area contributed by atoms with Gasteiger partial charge in [-0.1, -0.05) is 29.8 Å². The normalized spacial score (nSPS) is 11.8. The van der Waals surface area contributed by atoms with Crippen molar-refractivity contribution in [2.24, 2.45) is 0 Å². The van der Waals surface area contributed by atoms with Gasteiger partial charge in [-0.25, -0.2) is 13.1 Å². The van der Waals surface area contributed by atoms with Crippen LogP contribution < -0.4 is 4.72 Å². The minimum atomic E-state index is -3.55. The van der Waals surface area contributed by atoms with Gasteiger partial charge in [0.25, 0.3) is 0 Å². The molecule has 0 saturated carbocycles. The zero-order chi connectivity index (χ0) is 17.3. The summed E-state index contributed by atoms with van der Waals surface area (Å²) >= 11 is 6.87. The summed E-state index contributed by atoms with van der Waals surface area (Å²) in [4.78, 5) is 0. The average Bonchev–Trinajstić information content (AvgIpc) is 3.10. The number of rotatable bonds is 5. The Kier molecular flexibility index (Phi) is 4.83. The van der Waals surface area contributed by atoms with Gasteiger partial charge in [0.05, 0.1) is 4.34 Å². The number of nitrogens with one attached hydrogen (secondary N) is 1. The second-order valence-electron chi connectivity index (χ2n) is 5.45. The molecular formula is C17H17ClN2O2S2. The summed E-state index contributed by atoms with van der Waals surface area (Å²) in [6.45, 7) is 4.24. The topological polar surface area (TPSA) is 51.1 Å². The molecule has 0 amide bonds. The smallest absolute Gasteiger partial charge is 0.250 e. The van der Waals surface area contributed by atoms with Crippen LogP contribution in [0.5, 0.6) is 0 Å². The summed E-state index contributed by atoms with van der Waals surface area (Å²) in [5.41, 5.74) is 4.09. The van der Waals surface area contributed by atoms with Crippen molar-refractivity contribution < 1.29 is 8.42 Å². The van der Waals surface area contributed by atoms with Crippen molar-refractivity contribution >= 4 is 33.0 Å². The Morgan fingerprint density at radius 2 is 1.83 bits per heavy atom. The van der Waals surface area contributed by atoms with E-state index < -0.39 is 10.0 Å². The number of sulfonamides is 1. The highest BCUT2D eigenvalue weighted by Gasteiger charge is 2.18. The number of thiophene rings is 1. The Bertz CT molecular complexity index is 960. The summed E-state index contributed by atoms with van der Waals surface area (Å²) < 4.78 is 30.1. The summed E-state index contributed by atoms with van der Waals surface area (Å²) in [6, 6.07) is 15.1. The molecule has 0 bridgehead atoms. The molecule has 0 unspecified atom stereocenters. The molecule has 0 atom stereocenters. The first kappa shape index (κ1) is 17.2. The summed E-state index contributed by atoms with van der Waals surface area (Å²) in [5.74, 6) is 0. The lowest BCUT2D eigenvalue weighted by atomic mass is 10.2. The molecule has 0 fully saturated rings. The number of aromatic nitrogens is 1. The predicted molar refractivity (Wildman–Crippen MR) is 98.6 cm³/mol. The maximum atomic E-state index is 12.3. The Labute approximate surface area is 150 Å². The molecule has 126 valence electrons. The van der Waals surface area contributed by atoms with Crippen LogP contribution in [0.25, 0.3) is 5.69 Å². The van der Waals surface area contributed by atoms with E-state index in [1.807, 2.05) is 50.2 Å². The first-order valence-corrected chi connectivity index (χ1v) is 10.0. The number of hydrogen-bond donors (Lipinski definition) is 1. The molecule has 0 saturated heterocycles. The van der Waals surface area contributed by atoms with E-state index in [0.29, 0.717) is 4.34 Å². The van der Waals surface area contributed by atoms with Crippen molar-refractivity contribution in [1.29, 1.82) is 0 Å². The monoisotopic (exact) mass is 380 g/mol. The van der Waals surface area contributed by atoms with Gasteiger partial charge in [-0.15, -0.1) is 11.3 Å². The molecule has 3 rings (SSSR count). The molecule has 0 aliphatic carbocycles. The molecule has 0 spiro atoms. The molecule has 0 aliphatic heterocycles. The van der Waals surface area contributed by atoms with Crippen LogP contribution in [0.1, 0.15) is 17.0 Å². The van der Waals surface area contributed by atoms with E-state index in [1.165, 1.54) is 6.07 Å². The first-order chi connectivity index (χ1) is 11.4. The van der Waals surface area contributed by atoms with Crippen LogP contribution in [-0.4, -0.2) is 13.0 Å². The molecule has 2 heterocycles. The van der Waals surface area contributed by atoms with Crippen molar-refractivity contribution in [1.82, 2.24) is 9.29 Å². The lowest BCUT2D eigenvalue weighted by Gasteiger charge is -2.10. The summed E-state index contributed by atoms with van der Waals surface area (Å²) in [6.07, 6.45) is 0. The second-order valence-corrected chi connectivity index (χ2v) is 9.16. The predicted octanol–water partition coefficient (Wildman–Crippen LogP) is 4.29. The van der Waals surface area contributed by atoms with Crippen LogP contribution in [0, 0.1) is 13.8 Å². The molecule has 1 N–H and O–H groups in total. The molecule has 0 aliphatic rings. The van der Waals surface area contributed by atoms with Crippen LogP contribution in [0.2, 0.25) is 4.34 Å². The molecule has 24 heavy (non-hydrogen) atoms. The van der Waals surface area contributed by atoms with Gasteiger partial charge in [-0.3, -0.25) is 0 Å². The quantitative estimate of drug-likeness (QED) is 0.717. The molecular weight excluding hydrogens is 364 g/mol. The maximum absolute atomic E-state index is 12.3. The van der Waals surface area contributed by atoms with Gasteiger partial charge in [0.1, 0.15) is 4.21 Å². The van der Waals surface area contributed by atoms with Crippen molar-refractivity contribution in [3.8, 4) is 5.69 Å². The SMILES string of the molecule is Cc1cc(CNS(=O)(=O)c2ccc(Cl)s2)c(C)n1-c1ccccc1. The van der Waals surface area contributed by atoms with E-state index >= 15 is 0 Å². The molecule has 0 radical (unpaired) electrons. The van der Waals surface area contributed by atoms with E-state index in [4.69, 9.17) is 11.6 Å². The molecule has 3 aromatic rings. The van der Waals surface area contributed by atoms with E-state index in [1.54, 1.807) is 6.07 Å². The molecule has 1 aromatic carbocycles. The zero-order valence-corrected chi connectivity index (χ0v) is 15.7. The third kappa shape index (κ3) is 3.42. The molecule has 4 nitrogen and oxygen atoms in total. The van der Waals surface area contributed by atoms with Crippen molar-refractivity contribution in [3.05, 3.63) is 69.8 Å². The Morgan fingerprint density at radius 3 is 2.46 bits per heavy atom. The van der Waals surface area contributed by atoms with Gasteiger partial charge >= 0.3 is 0 Å². The lowest BCUT2D eigenvalue weighted by molar-refractivity contribution is 0.583. The summed E-state index contributed by atoms with van der Waals surface area (Å²) in [7, 11) is -3.55. The van der Waals surface area contributed by atoms with Crippen LogP contribution in [-0.2, 0) is 16.6 Å². The zero-order valence-electron chi connectivity index (χ0n) is 13.3. The second kappa shape index (κ2) is 6.72. The van der Waals surface area contributed by atoms with Crippen molar-refractivity contribution in [3.63, 3.8) is 0 Å². The average molecular weight is 381 g/mol. The van der Waals surface area contributed by atoms with E-state index in [-0.39, 0.29) is 10.8 Å². The standard InChI is InChI=1S/C17H17ClN2O2S2/c1-12-10-14(13(2)20(12)15-6-4-3-5-7-15)11-19-24(21,22)17-9-8-16(18)23-17/h3-10,19H,11H2,1-2H3. The van der Waals surface area contributed by atoms with Gasteiger partial charge < -0.3 is 4.57 Å². The van der Waals surface area contributed by atoms with E-state index in [9.17, 15) is 8.42 Å². The summed E-state index contributed by atoms with van der Waals surface area (Å²) in [5, 5.41) is 0. The van der Waals surface area contributed by atoms with Crippen LogP contribution >= 0.6 is 22.9 Å². The van der Waals surface area contributed by atoms with Crippen LogP contribution in [0.15, 0.2) is 52.7 Å². The molecule has 7 heteroatoms. The number of halogens is 1. The lowest BCUT2D eigenvalue weighted by Crippen LogP contribution is -2.22.